The molecule has 3 rings (SSSR count). The lowest BCUT2D eigenvalue weighted by Gasteiger charge is -2.28. The molecule has 0 spiro atoms. The minimum atomic E-state index is 0.313. The molecule has 0 saturated carbocycles. The molecule has 1 aromatic heterocycles. The summed E-state index contributed by atoms with van der Waals surface area (Å²) in [6, 6.07) is 0. The second kappa shape index (κ2) is 7.31. The summed E-state index contributed by atoms with van der Waals surface area (Å²) in [5.74, 6) is 1.89. The molecule has 1 atom stereocenters. The number of anilines is 1. The first kappa shape index (κ1) is 14.9. The minimum absolute atomic E-state index is 0.313. The van der Waals surface area contributed by atoms with Gasteiger partial charge in [0.15, 0.2) is 5.16 Å². The average molecular weight is 308 g/mol. The van der Waals surface area contributed by atoms with E-state index >= 15 is 0 Å². The minimum Gasteiger partial charge on any atom is -0.376 e. The Balaban J connectivity index is 1.79. The van der Waals surface area contributed by atoms with E-state index in [0.717, 1.165) is 49.5 Å². The summed E-state index contributed by atoms with van der Waals surface area (Å²) < 4.78 is 8.06. The largest absolute Gasteiger partial charge is 0.376 e. The first-order valence-corrected chi connectivity index (χ1v) is 8.90. The number of nitrogens with zero attached hydrogens (tertiary/aromatic N) is 4. The van der Waals surface area contributed by atoms with Crippen LogP contribution in [0.3, 0.4) is 0 Å². The van der Waals surface area contributed by atoms with Crippen molar-refractivity contribution in [3.63, 3.8) is 0 Å². The number of aromatic nitrogens is 3. The van der Waals surface area contributed by atoms with Crippen LogP contribution in [0.1, 0.15) is 32.1 Å². The fraction of sp³-hybridized carbons (Fsp3) is 0.733. The summed E-state index contributed by atoms with van der Waals surface area (Å²) in [6.45, 7) is 7.74. The molecule has 3 heterocycles. The molecule has 0 amide bonds. The summed E-state index contributed by atoms with van der Waals surface area (Å²) in [7, 11) is 0. The summed E-state index contributed by atoms with van der Waals surface area (Å²) in [6.07, 6.45) is 8.37. The third kappa shape index (κ3) is 3.61. The van der Waals surface area contributed by atoms with Gasteiger partial charge in [-0.25, -0.2) is 0 Å². The second-order valence-electron chi connectivity index (χ2n) is 5.68. The first-order valence-electron chi connectivity index (χ1n) is 7.92. The van der Waals surface area contributed by atoms with Crippen LogP contribution in [0, 0.1) is 0 Å². The van der Waals surface area contributed by atoms with E-state index in [-0.39, 0.29) is 0 Å². The van der Waals surface area contributed by atoms with E-state index < -0.39 is 0 Å². The number of piperidine rings is 1. The van der Waals surface area contributed by atoms with E-state index in [4.69, 9.17) is 4.74 Å². The highest BCUT2D eigenvalue weighted by molar-refractivity contribution is 7.99. The van der Waals surface area contributed by atoms with Gasteiger partial charge in [0.1, 0.15) is 0 Å². The third-order valence-corrected chi connectivity index (χ3v) is 5.04. The maximum atomic E-state index is 5.80. The fourth-order valence-corrected chi connectivity index (χ4v) is 3.68. The van der Waals surface area contributed by atoms with Gasteiger partial charge in [0, 0.05) is 25.4 Å². The zero-order valence-corrected chi connectivity index (χ0v) is 13.4. The second-order valence-corrected chi connectivity index (χ2v) is 6.66. The number of hydrogen-bond acceptors (Lipinski definition) is 5. The summed E-state index contributed by atoms with van der Waals surface area (Å²) in [4.78, 5) is 2.38. The van der Waals surface area contributed by atoms with Crippen LogP contribution in [0.5, 0.6) is 0 Å². The van der Waals surface area contributed by atoms with Gasteiger partial charge in [0.2, 0.25) is 5.95 Å². The van der Waals surface area contributed by atoms with E-state index in [9.17, 15) is 0 Å². The molecule has 2 aliphatic rings. The lowest BCUT2D eigenvalue weighted by atomic mass is 10.1. The molecule has 21 heavy (non-hydrogen) atoms. The topological polar surface area (TPSA) is 43.2 Å². The molecule has 2 fully saturated rings. The monoisotopic (exact) mass is 308 g/mol. The van der Waals surface area contributed by atoms with Crippen molar-refractivity contribution < 1.29 is 4.74 Å². The van der Waals surface area contributed by atoms with E-state index in [0.29, 0.717) is 6.10 Å². The van der Waals surface area contributed by atoms with Crippen molar-refractivity contribution in [1.82, 2.24) is 14.8 Å². The van der Waals surface area contributed by atoms with Gasteiger partial charge in [-0.1, -0.05) is 17.8 Å². The van der Waals surface area contributed by atoms with Crippen molar-refractivity contribution >= 4 is 17.7 Å². The predicted octanol–water partition coefficient (Wildman–Crippen LogP) is 2.73. The molecule has 0 N–H and O–H groups in total. The molecule has 0 aromatic carbocycles. The van der Waals surface area contributed by atoms with Crippen molar-refractivity contribution in [1.29, 1.82) is 0 Å². The Bertz CT molecular complexity index is 464. The lowest BCUT2D eigenvalue weighted by Crippen LogP contribution is -2.33. The molecule has 0 radical (unpaired) electrons. The third-order valence-electron chi connectivity index (χ3n) is 4.08. The van der Waals surface area contributed by atoms with Gasteiger partial charge in [-0.05, 0) is 32.1 Å². The Morgan fingerprint density at radius 3 is 2.81 bits per heavy atom. The van der Waals surface area contributed by atoms with Crippen LogP contribution in [-0.4, -0.2) is 46.3 Å². The first-order chi connectivity index (χ1) is 10.4. The summed E-state index contributed by atoms with van der Waals surface area (Å²) in [5.41, 5.74) is 0. The molecule has 1 unspecified atom stereocenters. The van der Waals surface area contributed by atoms with Crippen molar-refractivity contribution in [2.24, 2.45) is 0 Å². The molecular formula is C15H24N4OS. The molecule has 2 saturated heterocycles. The van der Waals surface area contributed by atoms with Crippen molar-refractivity contribution in [3.05, 3.63) is 12.7 Å². The van der Waals surface area contributed by atoms with Gasteiger partial charge in [-0.2, -0.15) is 0 Å². The molecule has 6 heteroatoms. The molecule has 5 nitrogen and oxygen atoms in total. The highest BCUT2D eigenvalue weighted by atomic mass is 32.2. The maximum Gasteiger partial charge on any atom is 0.228 e. The van der Waals surface area contributed by atoms with Gasteiger partial charge < -0.3 is 9.64 Å². The number of rotatable bonds is 6. The Labute approximate surface area is 130 Å². The van der Waals surface area contributed by atoms with Gasteiger partial charge in [-0.15, -0.1) is 16.8 Å². The Kier molecular flexibility index (Phi) is 5.19. The molecule has 0 aliphatic carbocycles. The highest BCUT2D eigenvalue weighted by Crippen LogP contribution is 2.26. The summed E-state index contributed by atoms with van der Waals surface area (Å²) in [5, 5.41) is 9.86. The highest BCUT2D eigenvalue weighted by Gasteiger charge is 2.24. The zero-order valence-electron chi connectivity index (χ0n) is 12.5. The fourth-order valence-electron chi connectivity index (χ4n) is 3.00. The smallest absolute Gasteiger partial charge is 0.228 e. The van der Waals surface area contributed by atoms with Crippen LogP contribution in [0.4, 0.5) is 5.95 Å². The SMILES string of the molecule is C=CCSc1nnc(N2CCCCC2)n1CC1CCCO1. The Hall–Kier alpha value is -1.01. The van der Waals surface area contributed by atoms with Crippen LogP contribution in [-0.2, 0) is 11.3 Å². The maximum absolute atomic E-state index is 5.80. The number of hydrogen-bond donors (Lipinski definition) is 0. The standard InChI is InChI=1S/C15H24N4OS/c1-2-11-21-15-17-16-14(18-8-4-3-5-9-18)19(15)12-13-7-6-10-20-13/h2,13H,1,3-12H2. The van der Waals surface area contributed by atoms with Crippen LogP contribution in [0.15, 0.2) is 17.8 Å². The predicted molar refractivity (Wildman–Crippen MR) is 86.0 cm³/mol. The van der Waals surface area contributed by atoms with Crippen LogP contribution in [0.2, 0.25) is 0 Å². The molecule has 1 aromatic rings. The van der Waals surface area contributed by atoms with Gasteiger partial charge >= 0.3 is 0 Å². The normalized spacial score (nSPS) is 22.7. The number of ether oxygens (including phenoxy) is 1. The molecule has 2 aliphatic heterocycles. The van der Waals surface area contributed by atoms with Gasteiger partial charge in [0.25, 0.3) is 0 Å². The van der Waals surface area contributed by atoms with Crippen LogP contribution < -0.4 is 4.90 Å². The molecular weight excluding hydrogens is 284 g/mol. The van der Waals surface area contributed by atoms with Crippen molar-refractivity contribution in [3.8, 4) is 0 Å². The van der Waals surface area contributed by atoms with E-state index in [1.54, 1.807) is 11.8 Å². The Morgan fingerprint density at radius 1 is 1.24 bits per heavy atom. The lowest BCUT2D eigenvalue weighted by molar-refractivity contribution is 0.0952. The summed E-state index contributed by atoms with van der Waals surface area (Å²) >= 11 is 1.70. The van der Waals surface area contributed by atoms with Crippen LogP contribution in [0.25, 0.3) is 0 Å². The average Bonchev–Trinajstić information content (AvgIpc) is 3.17. The number of thioether (sulfide) groups is 1. The molecule has 0 bridgehead atoms. The van der Waals surface area contributed by atoms with Crippen molar-refractivity contribution in [2.45, 2.75) is 49.9 Å². The van der Waals surface area contributed by atoms with E-state index in [2.05, 4.69) is 26.2 Å². The van der Waals surface area contributed by atoms with E-state index in [1.807, 2.05) is 6.08 Å². The molecule has 116 valence electrons. The van der Waals surface area contributed by atoms with Crippen LogP contribution >= 0.6 is 11.8 Å². The van der Waals surface area contributed by atoms with Crippen molar-refractivity contribution in [2.75, 3.05) is 30.3 Å². The van der Waals surface area contributed by atoms with Gasteiger partial charge in [0.05, 0.1) is 12.6 Å². The van der Waals surface area contributed by atoms with Gasteiger partial charge in [-0.3, -0.25) is 4.57 Å². The Morgan fingerprint density at radius 2 is 2.10 bits per heavy atom. The quantitative estimate of drug-likeness (QED) is 0.597. The van der Waals surface area contributed by atoms with E-state index in [1.165, 1.54) is 25.7 Å². The zero-order chi connectivity index (χ0) is 14.5.